The van der Waals surface area contributed by atoms with Crippen molar-refractivity contribution < 1.29 is 5.11 Å². The number of hydrogen-bond donors (Lipinski definition) is 2. The van der Waals surface area contributed by atoms with Crippen LogP contribution in [0.4, 0.5) is 0 Å². The summed E-state index contributed by atoms with van der Waals surface area (Å²) in [7, 11) is 0. The largest absolute Gasteiger partial charge is 0.508 e. The molecule has 108 valence electrons. The van der Waals surface area contributed by atoms with Crippen molar-refractivity contribution in [3.05, 3.63) is 29.8 Å². The molecular formula is C16H28N2O. The SMILES string of the molecule is CCN(CC)CCCC(C)NCc1ccccc1O. The second-order valence-corrected chi connectivity index (χ2v) is 5.08. The third-order valence-corrected chi connectivity index (χ3v) is 3.64. The fraction of sp³-hybridized carbons (Fsp3) is 0.625. The van der Waals surface area contributed by atoms with Gasteiger partial charge in [0.15, 0.2) is 0 Å². The first-order valence-corrected chi connectivity index (χ1v) is 7.40. The van der Waals surface area contributed by atoms with E-state index in [-0.39, 0.29) is 0 Å². The van der Waals surface area contributed by atoms with Crippen molar-refractivity contribution >= 4 is 0 Å². The molecule has 0 aliphatic rings. The predicted molar refractivity (Wildman–Crippen MR) is 81.4 cm³/mol. The van der Waals surface area contributed by atoms with Crippen molar-refractivity contribution in [3.63, 3.8) is 0 Å². The molecule has 1 unspecified atom stereocenters. The topological polar surface area (TPSA) is 35.5 Å². The fourth-order valence-corrected chi connectivity index (χ4v) is 2.21. The Morgan fingerprint density at radius 2 is 1.89 bits per heavy atom. The first-order valence-electron chi connectivity index (χ1n) is 7.40. The Bertz CT molecular complexity index is 350. The molecule has 0 saturated carbocycles. The van der Waals surface area contributed by atoms with Crippen LogP contribution in [0.25, 0.3) is 0 Å². The molecular weight excluding hydrogens is 236 g/mol. The van der Waals surface area contributed by atoms with Gasteiger partial charge in [-0.3, -0.25) is 0 Å². The Labute approximate surface area is 117 Å². The molecule has 0 amide bonds. The molecule has 1 atom stereocenters. The molecule has 1 aromatic carbocycles. The maximum Gasteiger partial charge on any atom is 0.120 e. The highest BCUT2D eigenvalue weighted by Crippen LogP contribution is 2.15. The number of rotatable bonds is 9. The van der Waals surface area contributed by atoms with E-state index in [1.165, 1.54) is 19.4 Å². The maximum atomic E-state index is 9.69. The predicted octanol–water partition coefficient (Wildman–Crippen LogP) is 2.99. The average Bonchev–Trinajstić information content (AvgIpc) is 2.43. The molecule has 3 heteroatoms. The second kappa shape index (κ2) is 8.94. The van der Waals surface area contributed by atoms with Gasteiger partial charge in [-0.1, -0.05) is 32.0 Å². The van der Waals surface area contributed by atoms with Crippen molar-refractivity contribution in [2.24, 2.45) is 0 Å². The van der Waals surface area contributed by atoms with Crippen LogP contribution < -0.4 is 5.32 Å². The second-order valence-electron chi connectivity index (χ2n) is 5.08. The van der Waals surface area contributed by atoms with E-state index in [4.69, 9.17) is 0 Å². The van der Waals surface area contributed by atoms with Gasteiger partial charge in [0.2, 0.25) is 0 Å². The van der Waals surface area contributed by atoms with Crippen LogP contribution in [0.3, 0.4) is 0 Å². The smallest absolute Gasteiger partial charge is 0.120 e. The zero-order chi connectivity index (χ0) is 14.1. The van der Waals surface area contributed by atoms with Gasteiger partial charge in [-0.15, -0.1) is 0 Å². The van der Waals surface area contributed by atoms with Gasteiger partial charge in [0.1, 0.15) is 5.75 Å². The summed E-state index contributed by atoms with van der Waals surface area (Å²) in [4.78, 5) is 2.45. The minimum absolute atomic E-state index is 0.380. The molecule has 0 saturated heterocycles. The van der Waals surface area contributed by atoms with E-state index in [1.54, 1.807) is 6.07 Å². The van der Waals surface area contributed by atoms with Crippen LogP contribution in [0.15, 0.2) is 24.3 Å². The van der Waals surface area contributed by atoms with Gasteiger partial charge in [0.05, 0.1) is 0 Å². The van der Waals surface area contributed by atoms with E-state index in [9.17, 15) is 5.11 Å². The van der Waals surface area contributed by atoms with E-state index < -0.39 is 0 Å². The summed E-state index contributed by atoms with van der Waals surface area (Å²) in [5, 5.41) is 13.2. The van der Waals surface area contributed by atoms with Crippen LogP contribution >= 0.6 is 0 Å². The van der Waals surface area contributed by atoms with E-state index >= 15 is 0 Å². The lowest BCUT2D eigenvalue weighted by molar-refractivity contribution is 0.290. The van der Waals surface area contributed by atoms with Gasteiger partial charge in [0.25, 0.3) is 0 Å². The minimum Gasteiger partial charge on any atom is -0.508 e. The van der Waals surface area contributed by atoms with Gasteiger partial charge < -0.3 is 15.3 Å². The van der Waals surface area contributed by atoms with Crippen molar-refractivity contribution in [3.8, 4) is 5.75 Å². The summed E-state index contributed by atoms with van der Waals surface area (Å²) < 4.78 is 0. The number of aromatic hydroxyl groups is 1. The molecule has 1 aromatic rings. The van der Waals surface area contributed by atoms with Gasteiger partial charge in [0, 0.05) is 18.2 Å². The van der Waals surface area contributed by atoms with Crippen molar-refractivity contribution in [1.82, 2.24) is 10.2 Å². The number of phenols is 1. The Balaban J connectivity index is 2.21. The normalized spacial score (nSPS) is 12.8. The quantitative estimate of drug-likeness (QED) is 0.720. The molecule has 0 spiro atoms. The number of phenolic OH excluding ortho intramolecular Hbond substituents is 1. The first-order chi connectivity index (χ1) is 9.17. The number of nitrogens with one attached hydrogen (secondary N) is 1. The third-order valence-electron chi connectivity index (χ3n) is 3.64. The minimum atomic E-state index is 0.380. The summed E-state index contributed by atoms with van der Waals surface area (Å²) >= 11 is 0. The first kappa shape index (κ1) is 16.0. The van der Waals surface area contributed by atoms with Crippen molar-refractivity contribution in [2.45, 2.75) is 46.2 Å². The van der Waals surface area contributed by atoms with Crippen LogP contribution in [0.1, 0.15) is 39.2 Å². The van der Waals surface area contributed by atoms with Crippen LogP contribution in [0, 0.1) is 0 Å². The summed E-state index contributed by atoms with van der Waals surface area (Å²) in [6, 6.07) is 8.00. The number of nitrogens with zero attached hydrogens (tertiary/aromatic N) is 1. The van der Waals surface area contributed by atoms with E-state index in [0.717, 1.165) is 25.2 Å². The highest BCUT2D eigenvalue weighted by atomic mass is 16.3. The Hall–Kier alpha value is -1.06. The van der Waals surface area contributed by atoms with E-state index in [2.05, 4.69) is 31.0 Å². The van der Waals surface area contributed by atoms with Crippen molar-refractivity contribution in [1.29, 1.82) is 0 Å². The van der Waals surface area contributed by atoms with Crippen LogP contribution in [-0.2, 0) is 6.54 Å². The molecule has 2 N–H and O–H groups in total. The Kier molecular flexibility index (Phi) is 7.53. The lowest BCUT2D eigenvalue weighted by Gasteiger charge is -2.20. The molecule has 0 aliphatic heterocycles. The molecule has 0 aliphatic carbocycles. The average molecular weight is 264 g/mol. The summed E-state index contributed by atoms with van der Waals surface area (Å²) in [6.07, 6.45) is 2.39. The number of benzene rings is 1. The van der Waals surface area contributed by atoms with E-state index in [1.807, 2.05) is 18.2 Å². The highest BCUT2D eigenvalue weighted by Gasteiger charge is 2.05. The third kappa shape index (κ3) is 6.08. The summed E-state index contributed by atoms with van der Waals surface area (Å²) in [6.45, 7) is 10.8. The maximum absolute atomic E-state index is 9.69. The van der Waals surface area contributed by atoms with Crippen LogP contribution in [0.2, 0.25) is 0 Å². The molecule has 0 bridgehead atoms. The van der Waals surface area contributed by atoms with Crippen LogP contribution in [0.5, 0.6) is 5.75 Å². The molecule has 0 fully saturated rings. The van der Waals surface area contributed by atoms with Gasteiger partial charge >= 0.3 is 0 Å². The number of hydrogen-bond acceptors (Lipinski definition) is 3. The molecule has 0 aromatic heterocycles. The van der Waals surface area contributed by atoms with Gasteiger partial charge in [-0.25, -0.2) is 0 Å². The van der Waals surface area contributed by atoms with Crippen LogP contribution in [-0.4, -0.2) is 35.7 Å². The number of para-hydroxylation sites is 1. The highest BCUT2D eigenvalue weighted by molar-refractivity contribution is 5.31. The Morgan fingerprint density at radius 3 is 2.53 bits per heavy atom. The molecule has 1 rings (SSSR count). The van der Waals surface area contributed by atoms with Crippen molar-refractivity contribution in [2.75, 3.05) is 19.6 Å². The zero-order valence-corrected chi connectivity index (χ0v) is 12.5. The Morgan fingerprint density at radius 1 is 1.21 bits per heavy atom. The molecule has 3 nitrogen and oxygen atoms in total. The molecule has 0 heterocycles. The molecule has 0 radical (unpaired) electrons. The fourth-order valence-electron chi connectivity index (χ4n) is 2.21. The lowest BCUT2D eigenvalue weighted by Crippen LogP contribution is -2.28. The van der Waals surface area contributed by atoms with Gasteiger partial charge in [-0.2, -0.15) is 0 Å². The van der Waals surface area contributed by atoms with Gasteiger partial charge in [-0.05, 0) is 45.5 Å². The summed E-state index contributed by atoms with van der Waals surface area (Å²) in [5.74, 6) is 0.380. The summed E-state index contributed by atoms with van der Waals surface area (Å²) in [5.41, 5.74) is 0.970. The molecule has 19 heavy (non-hydrogen) atoms. The zero-order valence-electron chi connectivity index (χ0n) is 12.5. The lowest BCUT2D eigenvalue weighted by atomic mass is 10.1. The monoisotopic (exact) mass is 264 g/mol. The standard InChI is InChI=1S/C16H28N2O/c1-4-18(5-2)12-8-9-14(3)17-13-15-10-6-7-11-16(15)19/h6-7,10-11,14,17,19H,4-5,8-9,12-13H2,1-3H3. The van der Waals surface area contributed by atoms with E-state index in [0.29, 0.717) is 11.8 Å².